The summed E-state index contributed by atoms with van der Waals surface area (Å²) < 4.78 is 15.8. The summed E-state index contributed by atoms with van der Waals surface area (Å²) in [7, 11) is 0. The van der Waals surface area contributed by atoms with E-state index in [2.05, 4.69) is 5.32 Å². The van der Waals surface area contributed by atoms with Crippen LogP contribution >= 0.6 is 0 Å². The molecule has 0 saturated heterocycles. The molecule has 1 aliphatic heterocycles. The number of carbonyl (C=O) groups is 1. The fourth-order valence-corrected chi connectivity index (χ4v) is 2.50. The Labute approximate surface area is 143 Å². The first-order valence-electron chi connectivity index (χ1n) is 7.58. The molecule has 1 aromatic carbocycles. The highest BCUT2D eigenvalue weighted by Gasteiger charge is 2.20. The summed E-state index contributed by atoms with van der Waals surface area (Å²) in [5.74, 6) is 0.770. The first kappa shape index (κ1) is 16.7. The lowest BCUT2D eigenvalue weighted by atomic mass is 10.1. The SMILES string of the molecule is C[C@H](NC(=O)/C=C/c1cc([N+](=O)[O-])cc2c1OCOC2)c1ccco1. The minimum Gasteiger partial charge on any atom is -0.467 e. The molecule has 3 rings (SSSR count). The van der Waals surface area contributed by atoms with Crippen LogP contribution in [0, 0.1) is 10.1 Å². The Morgan fingerprint density at radius 3 is 3.00 bits per heavy atom. The number of hydrogen-bond donors (Lipinski definition) is 1. The highest BCUT2D eigenvalue weighted by Crippen LogP contribution is 2.33. The smallest absolute Gasteiger partial charge is 0.270 e. The first-order valence-corrected chi connectivity index (χ1v) is 7.58. The van der Waals surface area contributed by atoms with E-state index in [0.29, 0.717) is 22.6 Å². The van der Waals surface area contributed by atoms with Crippen molar-refractivity contribution in [3.05, 3.63) is 63.6 Å². The Balaban J connectivity index is 1.79. The summed E-state index contributed by atoms with van der Waals surface area (Å²) in [4.78, 5) is 22.6. The second kappa shape index (κ2) is 7.18. The third kappa shape index (κ3) is 3.86. The first-order chi connectivity index (χ1) is 12.0. The Morgan fingerprint density at radius 2 is 2.28 bits per heavy atom. The van der Waals surface area contributed by atoms with Crippen molar-refractivity contribution < 1.29 is 23.6 Å². The maximum Gasteiger partial charge on any atom is 0.270 e. The maximum absolute atomic E-state index is 12.1. The molecule has 0 aliphatic carbocycles. The minimum absolute atomic E-state index is 0.0629. The standard InChI is InChI=1S/C17H16N2O6/c1-11(15-3-2-6-24-15)18-16(20)5-4-12-7-14(19(21)22)8-13-9-23-10-25-17(12)13/h2-8,11H,9-10H2,1H3,(H,18,20)/b5-4+/t11-/m0/s1. The third-order valence-corrected chi connectivity index (χ3v) is 3.68. The van der Waals surface area contributed by atoms with Crippen molar-refractivity contribution in [2.24, 2.45) is 0 Å². The molecule has 1 atom stereocenters. The second-order valence-electron chi connectivity index (χ2n) is 5.47. The largest absolute Gasteiger partial charge is 0.467 e. The molecule has 0 unspecified atom stereocenters. The molecule has 2 aromatic rings. The Bertz CT molecular complexity index is 813. The van der Waals surface area contributed by atoms with E-state index in [4.69, 9.17) is 13.9 Å². The normalized spacial score (nSPS) is 14.6. The molecule has 0 saturated carbocycles. The van der Waals surface area contributed by atoms with Crippen LogP contribution in [-0.4, -0.2) is 17.6 Å². The average Bonchev–Trinajstić information content (AvgIpc) is 3.14. The van der Waals surface area contributed by atoms with Crippen LogP contribution in [0.3, 0.4) is 0 Å². The van der Waals surface area contributed by atoms with Crippen LogP contribution in [0.15, 0.2) is 41.0 Å². The maximum atomic E-state index is 12.1. The van der Waals surface area contributed by atoms with Gasteiger partial charge in [-0.3, -0.25) is 14.9 Å². The molecule has 0 radical (unpaired) electrons. The van der Waals surface area contributed by atoms with E-state index in [9.17, 15) is 14.9 Å². The van der Waals surface area contributed by atoms with Gasteiger partial charge in [-0.1, -0.05) is 0 Å². The van der Waals surface area contributed by atoms with Gasteiger partial charge >= 0.3 is 0 Å². The van der Waals surface area contributed by atoms with Gasteiger partial charge in [-0.25, -0.2) is 0 Å². The number of amides is 1. The number of nitrogens with zero attached hydrogens (tertiary/aromatic N) is 1. The van der Waals surface area contributed by atoms with Crippen molar-refractivity contribution in [1.29, 1.82) is 0 Å². The summed E-state index contributed by atoms with van der Waals surface area (Å²) >= 11 is 0. The lowest BCUT2D eigenvalue weighted by Gasteiger charge is -2.19. The van der Waals surface area contributed by atoms with Crippen molar-refractivity contribution in [3.63, 3.8) is 0 Å². The van der Waals surface area contributed by atoms with Gasteiger partial charge in [0.1, 0.15) is 11.5 Å². The zero-order chi connectivity index (χ0) is 17.8. The van der Waals surface area contributed by atoms with Crippen molar-refractivity contribution in [2.45, 2.75) is 19.6 Å². The molecule has 1 amide bonds. The number of non-ortho nitro benzene ring substituents is 1. The predicted molar refractivity (Wildman–Crippen MR) is 87.7 cm³/mol. The zero-order valence-corrected chi connectivity index (χ0v) is 13.4. The fraction of sp³-hybridized carbons (Fsp3) is 0.235. The zero-order valence-electron chi connectivity index (χ0n) is 13.4. The Hall–Kier alpha value is -3.13. The van der Waals surface area contributed by atoms with Crippen molar-refractivity contribution in [3.8, 4) is 5.75 Å². The number of hydrogen-bond acceptors (Lipinski definition) is 6. The Kier molecular flexibility index (Phi) is 4.80. The number of rotatable bonds is 5. The summed E-state index contributed by atoms with van der Waals surface area (Å²) in [5.41, 5.74) is 0.939. The van der Waals surface area contributed by atoms with Crippen LogP contribution in [0.2, 0.25) is 0 Å². The molecular formula is C17H16N2O6. The van der Waals surface area contributed by atoms with Crippen LogP contribution in [-0.2, 0) is 16.1 Å². The van der Waals surface area contributed by atoms with Gasteiger partial charge in [-0.05, 0) is 25.1 Å². The topological polar surface area (TPSA) is 104 Å². The van der Waals surface area contributed by atoms with Crippen LogP contribution in [0.1, 0.15) is 29.9 Å². The monoisotopic (exact) mass is 344 g/mol. The quantitative estimate of drug-likeness (QED) is 0.508. The molecule has 1 aromatic heterocycles. The van der Waals surface area contributed by atoms with Crippen LogP contribution in [0.5, 0.6) is 5.75 Å². The molecule has 8 heteroatoms. The predicted octanol–water partition coefficient (Wildman–Crippen LogP) is 2.94. The van der Waals surface area contributed by atoms with E-state index in [-0.39, 0.29) is 31.0 Å². The van der Waals surface area contributed by atoms with E-state index in [1.807, 2.05) is 0 Å². The van der Waals surface area contributed by atoms with Crippen molar-refractivity contribution in [2.75, 3.05) is 6.79 Å². The number of benzene rings is 1. The molecule has 2 heterocycles. The number of fused-ring (bicyclic) bond motifs is 1. The van der Waals surface area contributed by atoms with Gasteiger partial charge in [0, 0.05) is 29.3 Å². The van der Waals surface area contributed by atoms with E-state index in [0.717, 1.165) is 0 Å². The fourth-order valence-electron chi connectivity index (χ4n) is 2.50. The third-order valence-electron chi connectivity index (χ3n) is 3.68. The van der Waals surface area contributed by atoms with E-state index in [1.54, 1.807) is 19.1 Å². The molecular weight excluding hydrogens is 328 g/mol. The highest BCUT2D eigenvalue weighted by atomic mass is 16.7. The van der Waals surface area contributed by atoms with Crippen molar-refractivity contribution >= 4 is 17.7 Å². The summed E-state index contributed by atoms with van der Waals surface area (Å²) in [6.07, 6.45) is 4.32. The molecule has 0 fully saturated rings. The second-order valence-corrected chi connectivity index (χ2v) is 5.47. The van der Waals surface area contributed by atoms with Crippen molar-refractivity contribution in [1.82, 2.24) is 5.32 Å². The molecule has 0 bridgehead atoms. The molecule has 1 N–H and O–H groups in total. The molecule has 25 heavy (non-hydrogen) atoms. The number of ether oxygens (including phenoxy) is 2. The molecule has 8 nitrogen and oxygen atoms in total. The number of nitrogens with one attached hydrogen (secondary N) is 1. The van der Waals surface area contributed by atoms with E-state index < -0.39 is 4.92 Å². The van der Waals surface area contributed by atoms with Gasteiger partial charge in [0.15, 0.2) is 6.79 Å². The summed E-state index contributed by atoms with van der Waals surface area (Å²) in [6, 6.07) is 5.98. The number of nitro groups is 1. The van der Waals surface area contributed by atoms with Gasteiger partial charge in [0.2, 0.25) is 5.91 Å². The number of nitro benzene ring substituents is 1. The van der Waals surface area contributed by atoms with E-state index in [1.165, 1.54) is 30.5 Å². The van der Waals surface area contributed by atoms with Crippen LogP contribution in [0.4, 0.5) is 5.69 Å². The van der Waals surface area contributed by atoms with Crippen LogP contribution < -0.4 is 10.1 Å². The Morgan fingerprint density at radius 1 is 1.44 bits per heavy atom. The van der Waals surface area contributed by atoms with Gasteiger partial charge in [0.05, 0.1) is 23.8 Å². The lowest BCUT2D eigenvalue weighted by molar-refractivity contribution is -0.385. The van der Waals surface area contributed by atoms with Gasteiger partial charge in [-0.2, -0.15) is 0 Å². The number of furan rings is 1. The molecule has 1 aliphatic rings. The highest BCUT2D eigenvalue weighted by molar-refractivity contribution is 5.92. The minimum atomic E-state index is -0.495. The van der Waals surface area contributed by atoms with Crippen LogP contribution in [0.25, 0.3) is 6.08 Å². The summed E-state index contributed by atoms with van der Waals surface area (Å²) in [5, 5.41) is 13.8. The molecule has 0 spiro atoms. The van der Waals surface area contributed by atoms with Gasteiger partial charge in [-0.15, -0.1) is 0 Å². The molecule has 130 valence electrons. The number of carbonyl (C=O) groups excluding carboxylic acids is 1. The summed E-state index contributed by atoms with van der Waals surface area (Å²) in [6.45, 7) is 2.08. The average molecular weight is 344 g/mol. The lowest BCUT2D eigenvalue weighted by Crippen LogP contribution is -2.24. The van der Waals surface area contributed by atoms with Gasteiger partial charge in [0.25, 0.3) is 5.69 Å². The van der Waals surface area contributed by atoms with E-state index >= 15 is 0 Å². The van der Waals surface area contributed by atoms with Gasteiger partial charge < -0.3 is 19.2 Å².